The van der Waals surface area contributed by atoms with Crippen molar-refractivity contribution in [3.63, 3.8) is 0 Å². The van der Waals surface area contributed by atoms with Crippen LogP contribution in [0.25, 0.3) is 0 Å². The molecule has 0 fully saturated rings. The minimum absolute atomic E-state index is 0.276. The maximum absolute atomic E-state index is 8.82. The van der Waals surface area contributed by atoms with Crippen LogP contribution in [0.1, 0.15) is 33.1 Å². The Hall–Kier alpha value is -0.870. The molecule has 0 aliphatic rings. The largest absolute Gasteiger partial charge is 0.396 e. The molecule has 1 rings (SSSR count). The monoisotopic (exact) mass is 239 g/mol. The molecule has 1 aromatic heterocycles. The fourth-order valence-electron chi connectivity index (χ4n) is 1.88. The zero-order chi connectivity index (χ0) is 12.6. The lowest BCUT2D eigenvalue weighted by Gasteiger charge is -2.24. The predicted molar refractivity (Wildman–Crippen MR) is 69.8 cm³/mol. The topological polar surface area (TPSA) is 50.1 Å². The van der Waals surface area contributed by atoms with Crippen LogP contribution < -0.4 is 5.32 Å². The van der Waals surface area contributed by atoms with Crippen molar-refractivity contribution in [2.24, 2.45) is 5.41 Å². The Morgan fingerprint density at radius 2 is 2.18 bits per heavy atom. The molecule has 4 heteroatoms. The molecule has 4 nitrogen and oxygen atoms in total. The number of imidazole rings is 1. The van der Waals surface area contributed by atoms with Crippen molar-refractivity contribution in [1.29, 1.82) is 0 Å². The molecule has 0 spiro atoms. The van der Waals surface area contributed by atoms with Crippen LogP contribution >= 0.6 is 0 Å². The molecule has 0 aromatic carbocycles. The summed E-state index contributed by atoms with van der Waals surface area (Å²) in [5, 5.41) is 12.3. The van der Waals surface area contributed by atoms with Gasteiger partial charge in [0, 0.05) is 32.1 Å². The van der Waals surface area contributed by atoms with Gasteiger partial charge in [-0.25, -0.2) is 4.98 Å². The molecule has 0 amide bonds. The Morgan fingerprint density at radius 1 is 1.35 bits per heavy atom. The number of hydrogen-bond acceptors (Lipinski definition) is 3. The number of aromatic nitrogens is 2. The molecule has 0 aliphatic heterocycles. The van der Waals surface area contributed by atoms with Crippen molar-refractivity contribution in [3.05, 3.63) is 18.7 Å². The lowest BCUT2D eigenvalue weighted by atomic mass is 9.88. The van der Waals surface area contributed by atoms with Crippen LogP contribution in [0.2, 0.25) is 0 Å². The van der Waals surface area contributed by atoms with Gasteiger partial charge >= 0.3 is 0 Å². The third-order valence-corrected chi connectivity index (χ3v) is 2.94. The van der Waals surface area contributed by atoms with E-state index in [1.165, 1.54) is 0 Å². The second-order valence-electron chi connectivity index (χ2n) is 5.32. The number of aryl methyl sites for hydroxylation is 1. The molecule has 0 radical (unpaired) electrons. The van der Waals surface area contributed by atoms with E-state index in [9.17, 15) is 0 Å². The van der Waals surface area contributed by atoms with Crippen molar-refractivity contribution in [3.8, 4) is 0 Å². The lowest BCUT2D eigenvalue weighted by molar-refractivity contribution is 0.236. The summed E-state index contributed by atoms with van der Waals surface area (Å²) in [5.41, 5.74) is 0.276. The highest BCUT2D eigenvalue weighted by molar-refractivity contribution is 4.74. The van der Waals surface area contributed by atoms with E-state index in [1.54, 1.807) is 0 Å². The van der Waals surface area contributed by atoms with Gasteiger partial charge < -0.3 is 15.0 Å². The minimum Gasteiger partial charge on any atom is -0.396 e. The fraction of sp³-hybridized carbons (Fsp3) is 0.769. The second-order valence-corrected chi connectivity index (χ2v) is 5.32. The SMILES string of the molecule is CC(C)(CCCO)CNCCCn1ccnc1. The molecule has 0 bridgehead atoms. The molecule has 17 heavy (non-hydrogen) atoms. The summed E-state index contributed by atoms with van der Waals surface area (Å²) in [6, 6.07) is 0. The highest BCUT2D eigenvalue weighted by atomic mass is 16.2. The molecule has 1 heterocycles. The average molecular weight is 239 g/mol. The van der Waals surface area contributed by atoms with Crippen LogP contribution in [-0.4, -0.2) is 34.4 Å². The van der Waals surface area contributed by atoms with Gasteiger partial charge in [-0.3, -0.25) is 0 Å². The quantitative estimate of drug-likeness (QED) is 0.644. The van der Waals surface area contributed by atoms with Crippen LogP contribution in [0.15, 0.2) is 18.7 Å². The molecule has 0 atom stereocenters. The first-order valence-corrected chi connectivity index (χ1v) is 6.41. The number of rotatable bonds is 9. The van der Waals surface area contributed by atoms with Gasteiger partial charge in [-0.2, -0.15) is 0 Å². The van der Waals surface area contributed by atoms with Crippen LogP contribution in [0.4, 0.5) is 0 Å². The summed E-state index contributed by atoms with van der Waals surface area (Å²) in [6.45, 7) is 7.84. The standard InChI is InChI=1S/C13H25N3O/c1-13(2,5-3-10-17)11-14-6-4-8-16-9-7-15-12-16/h7,9,12,14,17H,3-6,8,10-11H2,1-2H3. The molecule has 2 N–H and O–H groups in total. The maximum atomic E-state index is 8.82. The number of hydrogen-bond donors (Lipinski definition) is 2. The van der Waals surface area contributed by atoms with E-state index in [0.29, 0.717) is 6.61 Å². The average Bonchev–Trinajstić information content (AvgIpc) is 2.79. The van der Waals surface area contributed by atoms with Gasteiger partial charge in [-0.15, -0.1) is 0 Å². The van der Waals surface area contributed by atoms with Gasteiger partial charge in [0.1, 0.15) is 0 Å². The Kier molecular flexibility index (Phi) is 6.22. The first-order chi connectivity index (χ1) is 8.14. The van der Waals surface area contributed by atoms with E-state index < -0.39 is 0 Å². The van der Waals surface area contributed by atoms with Crippen LogP contribution in [0.3, 0.4) is 0 Å². The Labute approximate surface area is 104 Å². The highest BCUT2D eigenvalue weighted by Crippen LogP contribution is 2.20. The van der Waals surface area contributed by atoms with Crippen molar-refractivity contribution in [2.45, 2.75) is 39.7 Å². The molecule has 1 aromatic rings. The van der Waals surface area contributed by atoms with E-state index in [4.69, 9.17) is 5.11 Å². The van der Waals surface area contributed by atoms with E-state index in [1.807, 2.05) is 18.7 Å². The molecule has 0 saturated heterocycles. The normalized spacial score (nSPS) is 11.9. The number of aliphatic hydroxyl groups excluding tert-OH is 1. The van der Waals surface area contributed by atoms with Crippen molar-refractivity contribution < 1.29 is 5.11 Å². The van der Waals surface area contributed by atoms with Crippen LogP contribution in [-0.2, 0) is 6.54 Å². The van der Waals surface area contributed by atoms with Crippen LogP contribution in [0, 0.1) is 5.41 Å². The predicted octanol–water partition coefficient (Wildman–Crippen LogP) is 1.66. The summed E-state index contributed by atoms with van der Waals surface area (Å²) in [5.74, 6) is 0. The second kappa shape index (κ2) is 7.45. The van der Waals surface area contributed by atoms with Gasteiger partial charge in [0.15, 0.2) is 0 Å². The highest BCUT2D eigenvalue weighted by Gasteiger charge is 2.16. The summed E-state index contributed by atoms with van der Waals surface area (Å²) >= 11 is 0. The zero-order valence-corrected chi connectivity index (χ0v) is 11.0. The van der Waals surface area contributed by atoms with E-state index in [-0.39, 0.29) is 5.41 Å². The summed E-state index contributed by atoms with van der Waals surface area (Å²) < 4.78 is 2.10. The van der Waals surface area contributed by atoms with Gasteiger partial charge in [-0.05, 0) is 31.2 Å². The molecule has 0 aliphatic carbocycles. The van der Waals surface area contributed by atoms with Crippen molar-refractivity contribution in [2.75, 3.05) is 19.7 Å². The van der Waals surface area contributed by atoms with Crippen molar-refractivity contribution >= 4 is 0 Å². The third-order valence-electron chi connectivity index (χ3n) is 2.94. The third kappa shape index (κ3) is 6.44. The van der Waals surface area contributed by atoms with E-state index in [0.717, 1.165) is 38.9 Å². The Morgan fingerprint density at radius 3 is 2.82 bits per heavy atom. The number of nitrogens with zero attached hydrogens (tertiary/aromatic N) is 2. The maximum Gasteiger partial charge on any atom is 0.0945 e. The Balaban J connectivity index is 2.03. The van der Waals surface area contributed by atoms with E-state index in [2.05, 4.69) is 28.7 Å². The van der Waals surface area contributed by atoms with E-state index >= 15 is 0 Å². The van der Waals surface area contributed by atoms with Gasteiger partial charge in [0.2, 0.25) is 0 Å². The van der Waals surface area contributed by atoms with Crippen molar-refractivity contribution in [1.82, 2.24) is 14.9 Å². The fourth-order valence-corrected chi connectivity index (χ4v) is 1.88. The number of aliphatic hydroxyl groups is 1. The number of nitrogens with one attached hydrogen (secondary N) is 1. The summed E-state index contributed by atoms with van der Waals surface area (Å²) in [6.07, 6.45) is 8.73. The smallest absolute Gasteiger partial charge is 0.0945 e. The molecule has 0 unspecified atom stereocenters. The molecular weight excluding hydrogens is 214 g/mol. The van der Waals surface area contributed by atoms with Gasteiger partial charge in [0.05, 0.1) is 6.33 Å². The Bertz CT molecular complexity index is 283. The molecule has 0 saturated carbocycles. The first-order valence-electron chi connectivity index (χ1n) is 6.41. The zero-order valence-electron chi connectivity index (χ0n) is 11.0. The first kappa shape index (κ1) is 14.2. The molecular formula is C13H25N3O. The lowest BCUT2D eigenvalue weighted by Crippen LogP contribution is -2.30. The van der Waals surface area contributed by atoms with Gasteiger partial charge in [0.25, 0.3) is 0 Å². The summed E-state index contributed by atoms with van der Waals surface area (Å²) in [7, 11) is 0. The minimum atomic E-state index is 0.276. The summed E-state index contributed by atoms with van der Waals surface area (Å²) in [4.78, 5) is 4.01. The molecule has 98 valence electrons. The van der Waals surface area contributed by atoms with Crippen LogP contribution in [0.5, 0.6) is 0 Å². The van der Waals surface area contributed by atoms with Gasteiger partial charge in [-0.1, -0.05) is 13.8 Å².